The van der Waals surface area contributed by atoms with E-state index in [9.17, 15) is 13.2 Å². The molecule has 0 amide bonds. The van der Waals surface area contributed by atoms with Gasteiger partial charge in [0.1, 0.15) is 6.04 Å². The number of aromatic nitrogens is 4. The number of anilines is 1. The third kappa shape index (κ3) is 4.07. The van der Waals surface area contributed by atoms with Gasteiger partial charge >= 0.3 is 6.18 Å². The lowest BCUT2D eigenvalue weighted by atomic mass is 10.0. The molecule has 0 aliphatic carbocycles. The molecule has 0 radical (unpaired) electrons. The van der Waals surface area contributed by atoms with Gasteiger partial charge in [0.2, 0.25) is 11.7 Å². The van der Waals surface area contributed by atoms with Crippen LogP contribution in [0.3, 0.4) is 0 Å². The molecule has 1 N–H and O–H groups in total. The van der Waals surface area contributed by atoms with Gasteiger partial charge < -0.3 is 9.84 Å². The van der Waals surface area contributed by atoms with Gasteiger partial charge in [-0.2, -0.15) is 18.2 Å². The minimum Gasteiger partial charge on any atom is -0.349 e. The molecule has 0 aliphatic heterocycles. The van der Waals surface area contributed by atoms with E-state index < -0.39 is 11.7 Å². The highest BCUT2D eigenvalue weighted by atomic mass is 32.1. The van der Waals surface area contributed by atoms with Gasteiger partial charge in [0, 0.05) is 18.0 Å². The molecule has 1 unspecified atom stereocenters. The monoisotopic (exact) mass is 419 g/mol. The lowest BCUT2D eigenvalue weighted by molar-refractivity contribution is -0.137. The van der Waals surface area contributed by atoms with E-state index in [4.69, 9.17) is 4.52 Å². The average Bonchev–Trinajstić information content (AvgIpc) is 3.32. The Kier molecular flexibility index (Phi) is 4.95. The molecule has 150 valence electrons. The number of alkyl halides is 3. The molecule has 0 saturated heterocycles. The smallest absolute Gasteiger partial charge is 0.349 e. The minimum absolute atomic E-state index is 0.0648. The molecule has 0 saturated carbocycles. The molecule has 1 atom stereocenters. The van der Waals surface area contributed by atoms with Crippen molar-refractivity contribution in [1.29, 1.82) is 0 Å². The Labute approximate surface area is 167 Å². The molecule has 10 heteroatoms. The van der Waals surface area contributed by atoms with Crippen molar-refractivity contribution in [3.8, 4) is 11.4 Å². The quantitative estimate of drug-likeness (QED) is 0.456. The lowest BCUT2D eigenvalue weighted by Gasteiger charge is -2.17. The van der Waals surface area contributed by atoms with Gasteiger partial charge in [0.15, 0.2) is 5.13 Å². The Morgan fingerprint density at radius 3 is 2.66 bits per heavy atom. The summed E-state index contributed by atoms with van der Waals surface area (Å²) in [6, 6.07) is 6.79. The largest absolute Gasteiger partial charge is 0.416 e. The lowest BCUT2D eigenvalue weighted by Crippen LogP contribution is -2.17. The second kappa shape index (κ2) is 7.43. The highest BCUT2D eigenvalue weighted by Crippen LogP contribution is 2.35. The number of hydrogen-bond donors (Lipinski definition) is 1. The Hall–Kier alpha value is -3.01. The molecular formula is C19H16F3N5OS. The number of halogens is 3. The first-order chi connectivity index (χ1) is 13.8. The Morgan fingerprint density at radius 2 is 1.97 bits per heavy atom. The van der Waals surface area contributed by atoms with Crippen LogP contribution in [-0.2, 0) is 6.18 Å². The fourth-order valence-electron chi connectivity index (χ4n) is 2.79. The summed E-state index contributed by atoms with van der Waals surface area (Å²) in [5.74, 6) is 0.851. The van der Waals surface area contributed by atoms with Gasteiger partial charge in [-0.05, 0) is 36.2 Å². The Morgan fingerprint density at radius 1 is 1.14 bits per heavy atom. The number of nitrogens with zero attached hydrogens (tertiary/aromatic N) is 4. The molecule has 3 heterocycles. The van der Waals surface area contributed by atoms with Crippen molar-refractivity contribution in [1.82, 2.24) is 20.1 Å². The van der Waals surface area contributed by atoms with E-state index in [2.05, 4.69) is 25.4 Å². The van der Waals surface area contributed by atoms with E-state index in [1.165, 1.54) is 17.4 Å². The van der Waals surface area contributed by atoms with E-state index in [1.807, 2.05) is 19.9 Å². The van der Waals surface area contributed by atoms with Crippen LogP contribution in [0, 0.1) is 5.92 Å². The van der Waals surface area contributed by atoms with Gasteiger partial charge in [-0.1, -0.05) is 30.3 Å². The van der Waals surface area contributed by atoms with Crippen LogP contribution < -0.4 is 5.32 Å². The highest BCUT2D eigenvalue weighted by Gasteiger charge is 2.31. The third-order valence-corrected chi connectivity index (χ3v) is 5.26. The topological polar surface area (TPSA) is 76.7 Å². The molecule has 0 spiro atoms. The summed E-state index contributed by atoms with van der Waals surface area (Å²) in [5, 5.41) is 7.71. The molecule has 0 fully saturated rings. The van der Waals surface area contributed by atoms with Crippen LogP contribution in [0.4, 0.5) is 18.3 Å². The second-order valence-electron chi connectivity index (χ2n) is 6.76. The van der Waals surface area contributed by atoms with Crippen molar-refractivity contribution < 1.29 is 17.7 Å². The molecule has 29 heavy (non-hydrogen) atoms. The van der Waals surface area contributed by atoms with Crippen LogP contribution >= 0.6 is 11.3 Å². The zero-order chi connectivity index (χ0) is 20.6. The maximum atomic E-state index is 12.9. The van der Waals surface area contributed by atoms with Crippen molar-refractivity contribution in [3.05, 3.63) is 54.2 Å². The van der Waals surface area contributed by atoms with Crippen molar-refractivity contribution in [2.75, 3.05) is 5.32 Å². The number of thiazole rings is 1. The van der Waals surface area contributed by atoms with Gasteiger partial charge in [-0.3, -0.25) is 4.98 Å². The highest BCUT2D eigenvalue weighted by molar-refractivity contribution is 7.22. The summed E-state index contributed by atoms with van der Waals surface area (Å²) in [4.78, 5) is 12.8. The zero-order valence-corrected chi connectivity index (χ0v) is 16.3. The van der Waals surface area contributed by atoms with Crippen LogP contribution in [0.2, 0.25) is 0 Å². The normalized spacial score (nSPS) is 13.2. The fourth-order valence-corrected chi connectivity index (χ4v) is 3.67. The molecule has 0 bridgehead atoms. The van der Waals surface area contributed by atoms with Gasteiger partial charge in [0.05, 0.1) is 15.8 Å². The predicted molar refractivity (Wildman–Crippen MR) is 103 cm³/mol. The van der Waals surface area contributed by atoms with E-state index in [0.717, 1.165) is 17.7 Å². The van der Waals surface area contributed by atoms with Crippen molar-refractivity contribution in [2.24, 2.45) is 5.92 Å². The maximum Gasteiger partial charge on any atom is 0.416 e. The molecular weight excluding hydrogens is 403 g/mol. The SMILES string of the molecule is CC(C)C(Nc1nc2cc(C(F)(F)F)ccc2s1)c1nc(-c2cccnc2)no1. The molecule has 1 aromatic carbocycles. The summed E-state index contributed by atoms with van der Waals surface area (Å²) in [7, 11) is 0. The summed E-state index contributed by atoms with van der Waals surface area (Å²) in [6.45, 7) is 3.95. The first kappa shape index (κ1) is 19.3. The van der Waals surface area contributed by atoms with Crippen molar-refractivity contribution in [3.63, 3.8) is 0 Å². The third-order valence-electron chi connectivity index (χ3n) is 4.29. The molecule has 6 nitrogen and oxygen atoms in total. The first-order valence-electron chi connectivity index (χ1n) is 8.79. The molecule has 3 aromatic heterocycles. The molecule has 4 aromatic rings. The number of nitrogens with one attached hydrogen (secondary N) is 1. The van der Waals surface area contributed by atoms with Crippen molar-refractivity contribution in [2.45, 2.75) is 26.1 Å². The molecule has 4 rings (SSSR count). The number of fused-ring (bicyclic) bond motifs is 1. The number of hydrogen-bond acceptors (Lipinski definition) is 7. The molecule has 0 aliphatic rings. The van der Waals surface area contributed by atoms with E-state index in [1.54, 1.807) is 18.5 Å². The van der Waals surface area contributed by atoms with Crippen LogP contribution in [-0.4, -0.2) is 20.1 Å². The van der Waals surface area contributed by atoms with E-state index in [-0.39, 0.29) is 17.5 Å². The summed E-state index contributed by atoms with van der Waals surface area (Å²) in [6.07, 6.45) is -1.11. The number of benzene rings is 1. The average molecular weight is 419 g/mol. The number of pyridine rings is 1. The summed E-state index contributed by atoms with van der Waals surface area (Å²) >= 11 is 1.27. The summed E-state index contributed by atoms with van der Waals surface area (Å²) in [5.41, 5.74) is 0.293. The van der Waals surface area contributed by atoms with Crippen LogP contribution in [0.25, 0.3) is 21.6 Å². The minimum atomic E-state index is -4.40. The van der Waals surface area contributed by atoms with Crippen LogP contribution in [0.1, 0.15) is 31.3 Å². The standard InChI is InChI=1S/C19H16F3N5OS/c1-10(2)15(17-26-16(27-28-17)11-4-3-7-23-9-11)25-18-24-13-8-12(19(20,21)22)5-6-14(13)29-18/h3-10,15H,1-2H3,(H,24,25). The first-order valence-corrected chi connectivity index (χ1v) is 9.61. The van der Waals surface area contributed by atoms with Crippen molar-refractivity contribution >= 4 is 26.7 Å². The van der Waals surface area contributed by atoms with Gasteiger partial charge in [-0.15, -0.1) is 0 Å². The zero-order valence-electron chi connectivity index (χ0n) is 15.4. The summed E-state index contributed by atoms with van der Waals surface area (Å²) < 4.78 is 44.9. The van der Waals surface area contributed by atoms with Crippen LogP contribution in [0.5, 0.6) is 0 Å². The van der Waals surface area contributed by atoms with Crippen LogP contribution in [0.15, 0.2) is 47.2 Å². The van der Waals surface area contributed by atoms with E-state index >= 15 is 0 Å². The second-order valence-corrected chi connectivity index (χ2v) is 7.79. The van der Waals surface area contributed by atoms with Gasteiger partial charge in [0.25, 0.3) is 0 Å². The van der Waals surface area contributed by atoms with Gasteiger partial charge in [-0.25, -0.2) is 4.98 Å². The van der Waals surface area contributed by atoms with E-state index in [0.29, 0.717) is 21.5 Å². The Balaban J connectivity index is 1.61. The Bertz CT molecular complexity index is 1120. The fraction of sp³-hybridized carbons (Fsp3) is 0.263. The maximum absolute atomic E-state index is 12.9. The number of rotatable bonds is 5. The predicted octanol–water partition coefficient (Wildman–Crippen LogP) is 5.57.